The Morgan fingerprint density at radius 3 is 2.56 bits per heavy atom. The molecule has 2 N–H and O–H groups in total. The molecule has 1 aliphatic rings. The van der Waals surface area contributed by atoms with Gasteiger partial charge in [0.2, 0.25) is 0 Å². The monoisotopic (exact) mass is 361 g/mol. The number of rotatable bonds is 2. The highest BCUT2D eigenvalue weighted by Gasteiger charge is 2.20. The fourth-order valence-electron chi connectivity index (χ4n) is 2.32. The van der Waals surface area contributed by atoms with E-state index in [9.17, 15) is 0 Å². The summed E-state index contributed by atoms with van der Waals surface area (Å²) in [6, 6.07) is 4.30. The van der Waals surface area contributed by atoms with Crippen molar-refractivity contribution in [1.29, 1.82) is 0 Å². The fraction of sp³-hybridized carbons (Fsp3) is 0.385. The maximum atomic E-state index is 6.35. The van der Waals surface area contributed by atoms with E-state index < -0.39 is 0 Å². The second kappa shape index (κ2) is 5.25. The molecular formula is C13H13BrClNS2. The van der Waals surface area contributed by atoms with E-state index in [-0.39, 0.29) is 6.04 Å². The Balaban J connectivity index is 1.92. The van der Waals surface area contributed by atoms with Crippen LogP contribution >= 0.6 is 50.2 Å². The number of hydrogen-bond donors (Lipinski definition) is 1. The van der Waals surface area contributed by atoms with Gasteiger partial charge in [0.1, 0.15) is 4.34 Å². The molecule has 0 amide bonds. The highest BCUT2D eigenvalue weighted by Crippen LogP contribution is 2.39. The highest BCUT2D eigenvalue weighted by atomic mass is 79.9. The van der Waals surface area contributed by atoms with Gasteiger partial charge in [-0.1, -0.05) is 11.6 Å². The van der Waals surface area contributed by atoms with Crippen LogP contribution in [0.2, 0.25) is 4.34 Å². The van der Waals surface area contributed by atoms with Crippen molar-refractivity contribution in [1.82, 2.24) is 0 Å². The van der Waals surface area contributed by atoms with Gasteiger partial charge in [-0.3, -0.25) is 0 Å². The van der Waals surface area contributed by atoms with E-state index in [0.717, 1.165) is 13.7 Å². The Hall–Kier alpha value is 0.130. The van der Waals surface area contributed by atoms with Crippen LogP contribution in [-0.4, -0.2) is 0 Å². The van der Waals surface area contributed by atoms with Gasteiger partial charge in [0, 0.05) is 19.1 Å². The second-order valence-corrected chi connectivity index (χ2v) is 8.26. The summed E-state index contributed by atoms with van der Waals surface area (Å²) in [7, 11) is 0. The van der Waals surface area contributed by atoms with Crippen molar-refractivity contribution in [3.8, 4) is 0 Å². The van der Waals surface area contributed by atoms with Gasteiger partial charge in [0.25, 0.3) is 0 Å². The molecule has 0 bridgehead atoms. The number of nitrogens with two attached hydrogens (primary N) is 1. The van der Waals surface area contributed by atoms with Crippen molar-refractivity contribution in [3.63, 3.8) is 0 Å². The maximum Gasteiger partial charge on any atom is 0.107 e. The molecule has 2 aromatic rings. The number of fused-ring (bicyclic) bond motifs is 1. The maximum absolute atomic E-state index is 6.35. The van der Waals surface area contributed by atoms with Crippen molar-refractivity contribution in [3.05, 3.63) is 41.1 Å². The van der Waals surface area contributed by atoms with Crippen molar-refractivity contribution < 1.29 is 0 Å². The van der Waals surface area contributed by atoms with Gasteiger partial charge in [-0.05, 0) is 59.3 Å². The fourth-order valence-corrected chi connectivity index (χ4v) is 5.43. The Kier molecular flexibility index (Phi) is 3.83. The molecule has 0 fully saturated rings. The summed E-state index contributed by atoms with van der Waals surface area (Å²) in [6.07, 6.45) is 5.07. The normalized spacial score (nSPS) is 16.6. The van der Waals surface area contributed by atoms with Crippen LogP contribution in [0.1, 0.15) is 39.1 Å². The minimum Gasteiger partial charge on any atom is -0.319 e. The number of halogens is 2. The lowest BCUT2D eigenvalue weighted by molar-refractivity contribution is 0.696. The average molecular weight is 363 g/mol. The van der Waals surface area contributed by atoms with E-state index >= 15 is 0 Å². The summed E-state index contributed by atoms with van der Waals surface area (Å²) in [5.41, 5.74) is 7.86. The number of hydrogen-bond acceptors (Lipinski definition) is 3. The van der Waals surface area contributed by atoms with E-state index in [1.165, 1.54) is 41.0 Å². The van der Waals surface area contributed by atoms with Crippen LogP contribution in [0.4, 0.5) is 0 Å². The third-order valence-corrected chi connectivity index (χ3v) is 7.17. The molecule has 0 aromatic carbocycles. The molecule has 1 atom stereocenters. The lowest BCUT2D eigenvalue weighted by Crippen LogP contribution is -2.08. The van der Waals surface area contributed by atoms with Gasteiger partial charge in [-0.15, -0.1) is 22.7 Å². The van der Waals surface area contributed by atoms with Crippen molar-refractivity contribution in [2.75, 3.05) is 0 Å². The van der Waals surface area contributed by atoms with Crippen molar-refractivity contribution in [2.24, 2.45) is 5.73 Å². The molecule has 0 saturated carbocycles. The third kappa shape index (κ3) is 2.41. The first-order chi connectivity index (χ1) is 8.65. The Morgan fingerprint density at radius 1 is 1.17 bits per heavy atom. The van der Waals surface area contributed by atoms with E-state index in [0.29, 0.717) is 0 Å². The molecule has 18 heavy (non-hydrogen) atoms. The molecule has 1 unspecified atom stereocenters. The summed E-state index contributed by atoms with van der Waals surface area (Å²) in [4.78, 5) is 3.94. The van der Waals surface area contributed by atoms with E-state index in [4.69, 9.17) is 17.3 Å². The van der Waals surface area contributed by atoms with E-state index in [1.807, 2.05) is 17.4 Å². The molecule has 0 spiro atoms. The zero-order chi connectivity index (χ0) is 12.7. The zero-order valence-corrected chi connectivity index (χ0v) is 13.7. The largest absolute Gasteiger partial charge is 0.319 e. The number of thiophene rings is 2. The average Bonchev–Trinajstić information content (AvgIpc) is 2.93. The summed E-state index contributed by atoms with van der Waals surface area (Å²) >= 11 is 13.0. The van der Waals surface area contributed by atoms with Gasteiger partial charge in [0.15, 0.2) is 0 Å². The first kappa shape index (κ1) is 13.1. The lowest BCUT2D eigenvalue weighted by atomic mass is 9.99. The zero-order valence-electron chi connectivity index (χ0n) is 9.71. The topological polar surface area (TPSA) is 26.0 Å². The first-order valence-corrected chi connectivity index (χ1v) is 8.77. The van der Waals surface area contributed by atoms with Crippen LogP contribution in [0.15, 0.2) is 16.6 Å². The van der Waals surface area contributed by atoms with Crippen molar-refractivity contribution in [2.45, 2.75) is 31.7 Å². The Morgan fingerprint density at radius 2 is 1.89 bits per heavy atom. The second-order valence-electron chi connectivity index (χ2n) is 4.55. The molecule has 3 rings (SSSR count). The molecule has 1 nitrogen and oxygen atoms in total. The molecular weight excluding hydrogens is 350 g/mol. The van der Waals surface area contributed by atoms with Crippen LogP contribution in [0.25, 0.3) is 0 Å². The van der Waals surface area contributed by atoms with Gasteiger partial charge in [-0.25, -0.2) is 0 Å². The smallest absolute Gasteiger partial charge is 0.107 e. The molecule has 0 aliphatic heterocycles. The summed E-state index contributed by atoms with van der Waals surface area (Å²) in [6.45, 7) is 0. The Labute approximate surface area is 128 Å². The summed E-state index contributed by atoms with van der Waals surface area (Å²) in [5, 5.41) is 0. The van der Waals surface area contributed by atoms with Crippen LogP contribution in [0, 0.1) is 0 Å². The van der Waals surface area contributed by atoms with Gasteiger partial charge < -0.3 is 5.73 Å². The standard InChI is InChI=1S/C13H13BrClNS2/c14-8-6-11(18-13(8)15)12(16)10-5-7-3-1-2-4-9(7)17-10/h5-6,12H,1-4,16H2. The van der Waals surface area contributed by atoms with Gasteiger partial charge >= 0.3 is 0 Å². The molecule has 5 heteroatoms. The van der Waals surface area contributed by atoms with Crippen LogP contribution in [0.3, 0.4) is 0 Å². The first-order valence-electron chi connectivity index (χ1n) is 5.97. The molecule has 1 aliphatic carbocycles. The minimum absolute atomic E-state index is 0.0330. The van der Waals surface area contributed by atoms with Crippen LogP contribution in [-0.2, 0) is 12.8 Å². The summed E-state index contributed by atoms with van der Waals surface area (Å²) < 4.78 is 1.72. The molecule has 0 saturated heterocycles. The third-order valence-electron chi connectivity index (χ3n) is 3.29. The van der Waals surface area contributed by atoms with E-state index in [2.05, 4.69) is 22.0 Å². The Bertz CT molecular complexity index is 533. The quantitative estimate of drug-likeness (QED) is 0.785. The van der Waals surface area contributed by atoms with E-state index in [1.54, 1.807) is 11.3 Å². The molecule has 2 aromatic heterocycles. The van der Waals surface area contributed by atoms with Gasteiger partial charge in [0.05, 0.1) is 6.04 Å². The van der Waals surface area contributed by atoms with Crippen LogP contribution in [0.5, 0.6) is 0 Å². The van der Waals surface area contributed by atoms with Crippen molar-refractivity contribution >= 4 is 50.2 Å². The summed E-state index contributed by atoms with van der Waals surface area (Å²) in [5.74, 6) is 0. The number of aryl methyl sites for hydroxylation is 2. The molecule has 0 radical (unpaired) electrons. The predicted octanol–water partition coefficient (Wildman–Crippen LogP) is 5.15. The SMILES string of the molecule is NC(c1cc(Br)c(Cl)s1)c1cc2c(s1)CCCC2. The lowest BCUT2D eigenvalue weighted by Gasteiger charge is -2.08. The molecule has 96 valence electrons. The highest BCUT2D eigenvalue weighted by molar-refractivity contribution is 9.10. The minimum atomic E-state index is -0.0330. The predicted molar refractivity (Wildman–Crippen MR) is 84.0 cm³/mol. The molecule has 2 heterocycles. The van der Waals surface area contributed by atoms with Crippen LogP contribution < -0.4 is 5.73 Å². The van der Waals surface area contributed by atoms with Gasteiger partial charge in [-0.2, -0.15) is 0 Å².